The highest BCUT2D eigenvalue weighted by Crippen LogP contribution is 2.35. The fourth-order valence-electron chi connectivity index (χ4n) is 1.97. The summed E-state index contributed by atoms with van der Waals surface area (Å²) in [7, 11) is 3.51. The van der Waals surface area contributed by atoms with E-state index in [1.165, 1.54) is 0 Å². The van der Waals surface area contributed by atoms with E-state index in [0.29, 0.717) is 5.82 Å². The molecule has 2 rings (SSSR count). The molecule has 0 amide bonds. The van der Waals surface area contributed by atoms with Crippen molar-refractivity contribution in [1.29, 1.82) is 0 Å². The second-order valence-electron chi connectivity index (χ2n) is 4.19. The van der Waals surface area contributed by atoms with Crippen LogP contribution in [-0.4, -0.2) is 16.9 Å². The van der Waals surface area contributed by atoms with Gasteiger partial charge in [0.25, 0.3) is 0 Å². The molecule has 0 spiro atoms. The monoisotopic (exact) mass is 231 g/mol. The van der Waals surface area contributed by atoms with Crippen LogP contribution >= 0.6 is 0 Å². The minimum atomic E-state index is 0.642. The lowest BCUT2D eigenvalue weighted by Gasteiger charge is -2.12. The molecule has 2 N–H and O–H groups in total. The van der Waals surface area contributed by atoms with Gasteiger partial charge < -0.3 is 10.5 Å². The van der Waals surface area contributed by atoms with Crippen molar-refractivity contribution in [3.05, 3.63) is 29.3 Å². The third kappa shape index (κ3) is 1.86. The van der Waals surface area contributed by atoms with Crippen LogP contribution in [-0.2, 0) is 7.05 Å². The summed E-state index contributed by atoms with van der Waals surface area (Å²) in [5, 5.41) is 4.40. The zero-order valence-electron chi connectivity index (χ0n) is 10.6. The highest BCUT2D eigenvalue weighted by Gasteiger charge is 2.15. The molecule has 0 saturated carbocycles. The summed E-state index contributed by atoms with van der Waals surface area (Å²) in [6.45, 7) is 4.07. The number of benzene rings is 1. The number of rotatable bonds is 2. The smallest absolute Gasteiger partial charge is 0.131 e. The van der Waals surface area contributed by atoms with E-state index in [4.69, 9.17) is 10.5 Å². The maximum absolute atomic E-state index is 5.82. The van der Waals surface area contributed by atoms with E-state index < -0.39 is 0 Å². The van der Waals surface area contributed by atoms with Gasteiger partial charge in [-0.2, -0.15) is 5.10 Å². The van der Waals surface area contributed by atoms with E-state index in [2.05, 4.69) is 11.2 Å². The maximum atomic E-state index is 5.82. The molecule has 0 bridgehead atoms. The molecule has 4 nitrogen and oxygen atoms in total. The van der Waals surface area contributed by atoms with Crippen molar-refractivity contribution in [3.63, 3.8) is 0 Å². The van der Waals surface area contributed by atoms with E-state index in [-0.39, 0.29) is 0 Å². The Balaban J connectivity index is 2.69. The Morgan fingerprint density at radius 1 is 1.24 bits per heavy atom. The van der Waals surface area contributed by atoms with Gasteiger partial charge in [-0.1, -0.05) is 12.1 Å². The first-order valence-electron chi connectivity index (χ1n) is 5.48. The molecule has 0 aliphatic rings. The van der Waals surface area contributed by atoms with Gasteiger partial charge in [0.1, 0.15) is 11.6 Å². The molecule has 17 heavy (non-hydrogen) atoms. The van der Waals surface area contributed by atoms with Crippen molar-refractivity contribution >= 4 is 5.82 Å². The van der Waals surface area contributed by atoms with Crippen LogP contribution in [0.25, 0.3) is 11.3 Å². The summed E-state index contributed by atoms with van der Waals surface area (Å²) in [6, 6.07) is 5.98. The number of hydrogen-bond donors (Lipinski definition) is 1. The van der Waals surface area contributed by atoms with E-state index in [9.17, 15) is 0 Å². The number of hydrogen-bond acceptors (Lipinski definition) is 3. The summed E-state index contributed by atoms with van der Waals surface area (Å²) >= 11 is 0. The van der Waals surface area contributed by atoms with Gasteiger partial charge in [-0.3, -0.25) is 4.68 Å². The summed E-state index contributed by atoms with van der Waals surface area (Å²) < 4.78 is 7.13. The molecule has 0 radical (unpaired) electrons. The molecule has 2 aromatic rings. The van der Waals surface area contributed by atoms with Crippen molar-refractivity contribution in [2.24, 2.45) is 7.05 Å². The molecule has 1 aromatic heterocycles. The zero-order chi connectivity index (χ0) is 12.6. The predicted molar refractivity (Wildman–Crippen MR) is 69.1 cm³/mol. The van der Waals surface area contributed by atoms with Gasteiger partial charge in [0.05, 0.1) is 12.8 Å². The molecular formula is C13H17N3O. The number of nitrogen functional groups attached to an aromatic ring is 1. The number of anilines is 1. The number of nitrogens with zero attached hydrogens (tertiary/aromatic N) is 2. The second kappa shape index (κ2) is 4.13. The average Bonchev–Trinajstić information content (AvgIpc) is 2.61. The largest absolute Gasteiger partial charge is 0.496 e. The predicted octanol–water partition coefficient (Wildman–Crippen LogP) is 2.29. The number of ether oxygens (including phenoxy) is 1. The standard InChI is InChI=1S/C13H17N3O/c1-8-5-6-9(2)13(17-4)12(8)10-7-11(14)16(3)15-10/h5-7H,14H2,1-4H3. The molecule has 90 valence electrons. The van der Waals surface area contributed by atoms with Crippen LogP contribution in [0, 0.1) is 13.8 Å². The van der Waals surface area contributed by atoms with Crippen LogP contribution in [0.15, 0.2) is 18.2 Å². The Bertz CT molecular complexity index is 539. The zero-order valence-corrected chi connectivity index (χ0v) is 10.6. The Morgan fingerprint density at radius 3 is 2.41 bits per heavy atom. The molecule has 0 saturated heterocycles. The Labute approximate surface area is 101 Å². The van der Waals surface area contributed by atoms with E-state index in [0.717, 1.165) is 28.1 Å². The number of methoxy groups -OCH3 is 1. The minimum absolute atomic E-state index is 0.642. The van der Waals surface area contributed by atoms with Gasteiger partial charge in [0.2, 0.25) is 0 Å². The number of aryl methyl sites for hydroxylation is 3. The molecule has 0 unspecified atom stereocenters. The molecular weight excluding hydrogens is 214 g/mol. The van der Waals surface area contributed by atoms with Crippen LogP contribution < -0.4 is 10.5 Å². The van der Waals surface area contributed by atoms with Gasteiger partial charge in [0, 0.05) is 18.7 Å². The van der Waals surface area contributed by atoms with Crippen LogP contribution in [0.2, 0.25) is 0 Å². The fourth-order valence-corrected chi connectivity index (χ4v) is 1.97. The summed E-state index contributed by atoms with van der Waals surface area (Å²) in [4.78, 5) is 0. The molecule has 0 fully saturated rings. The number of aromatic nitrogens is 2. The van der Waals surface area contributed by atoms with Crippen molar-refractivity contribution < 1.29 is 4.74 Å². The van der Waals surface area contributed by atoms with Gasteiger partial charge in [0.15, 0.2) is 0 Å². The summed E-state index contributed by atoms with van der Waals surface area (Å²) in [6.07, 6.45) is 0. The minimum Gasteiger partial charge on any atom is -0.496 e. The van der Waals surface area contributed by atoms with E-state index >= 15 is 0 Å². The van der Waals surface area contributed by atoms with Crippen molar-refractivity contribution in [2.45, 2.75) is 13.8 Å². The third-order valence-electron chi connectivity index (χ3n) is 2.94. The maximum Gasteiger partial charge on any atom is 0.131 e. The quantitative estimate of drug-likeness (QED) is 0.862. The molecule has 1 aromatic carbocycles. The lowest BCUT2D eigenvalue weighted by molar-refractivity contribution is 0.413. The fraction of sp³-hybridized carbons (Fsp3) is 0.308. The van der Waals surface area contributed by atoms with Gasteiger partial charge in [-0.05, 0) is 25.0 Å². The summed E-state index contributed by atoms with van der Waals surface area (Å²) in [5.74, 6) is 1.51. The van der Waals surface area contributed by atoms with Crippen molar-refractivity contribution in [1.82, 2.24) is 9.78 Å². The van der Waals surface area contributed by atoms with Crippen LogP contribution in [0.3, 0.4) is 0 Å². The SMILES string of the molecule is COc1c(C)ccc(C)c1-c1cc(N)n(C)n1. The van der Waals surface area contributed by atoms with Crippen LogP contribution in [0.4, 0.5) is 5.82 Å². The Morgan fingerprint density at radius 2 is 1.88 bits per heavy atom. The first-order valence-corrected chi connectivity index (χ1v) is 5.48. The molecule has 0 atom stereocenters. The van der Waals surface area contributed by atoms with Crippen molar-refractivity contribution in [3.8, 4) is 17.0 Å². The summed E-state index contributed by atoms with van der Waals surface area (Å²) in [5.41, 5.74) is 9.91. The molecule has 0 aliphatic carbocycles. The lowest BCUT2D eigenvalue weighted by Crippen LogP contribution is -1.97. The normalized spacial score (nSPS) is 10.6. The third-order valence-corrected chi connectivity index (χ3v) is 2.94. The topological polar surface area (TPSA) is 53.1 Å². The lowest BCUT2D eigenvalue weighted by atomic mass is 10.0. The highest BCUT2D eigenvalue weighted by atomic mass is 16.5. The molecule has 0 aliphatic heterocycles. The highest BCUT2D eigenvalue weighted by molar-refractivity contribution is 5.74. The molecule has 4 heteroatoms. The number of nitrogens with two attached hydrogens (primary N) is 1. The van der Waals surface area contributed by atoms with E-state index in [1.54, 1.807) is 11.8 Å². The van der Waals surface area contributed by atoms with Gasteiger partial charge in [-0.25, -0.2) is 0 Å². The Hall–Kier alpha value is -1.97. The average molecular weight is 231 g/mol. The van der Waals surface area contributed by atoms with Gasteiger partial charge in [-0.15, -0.1) is 0 Å². The van der Waals surface area contributed by atoms with Crippen LogP contribution in [0.5, 0.6) is 5.75 Å². The second-order valence-corrected chi connectivity index (χ2v) is 4.19. The molecule has 1 heterocycles. The van der Waals surface area contributed by atoms with Crippen LogP contribution in [0.1, 0.15) is 11.1 Å². The first-order chi connectivity index (χ1) is 8.04. The first kappa shape index (κ1) is 11.5. The Kier molecular flexibility index (Phi) is 2.79. The van der Waals surface area contributed by atoms with E-state index in [1.807, 2.05) is 33.0 Å². The van der Waals surface area contributed by atoms with Gasteiger partial charge >= 0.3 is 0 Å². The van der Waals surface area contributed by atoms with Crippen molar-refractivity contribution in [2.75, 3.05) is 12.8 Å².